The Hall–Kier alpha value is -2.20. The maximum Gasteiger partial charge on any atom is 0.273 e. The van der Waals surface area contributed by atoms with Crippen LogP contribution in [-0.4, -0.2) is 42.1 Å². The van der Waals surface area contributed by atoms with Crippen LogP contribution in [0.25, 0.3) is 11.1 Å². The fraction of sp³-hybridized carbons (Fsp3) is 0.400. The molecule has 0 aliphatic carbocycles. The zero-order valence-electron chi connectivity index (χ0n) is 14.3. The van der Waals surface area contributed by atoms with E-state index in [9.17, 15) is 4.79 Å². The third-order valence-corrected chi connectivity index (χ3v) is 4.74. The van der Waals surface area contributed by atoms with Crippen molar-refractivity contribution in [3.05, 3.63) is 54.4 Å². The Bertz CT molecular complexity index is 687. The number of benzene rings is 1. The van der Waals surface area contributed by atoms with Crippen LogP contribution in [0.15, 0.2) is 48.7 Å². The summed E-state index contributed by atoms with van der Waals surface area (Å²) in [5.74, 6) is 0.418. The Kier molecular flexibility index (Phi) is 5.26. The number of hydrogen-bond acceptors (Lipinski definition) is 3. The maximum atomic E-state index is 13.2. The molecule has 0 spiro atoms. The molecule has 2 aromatic rings. The average Bonchev–Trinajstić information content (AvgIpc) is 2.64. The van der Waals surface area contributed by atoms with Crippen molar-refractivity contribution in [1.29, 1.82) is 0 Å². The first kappa shape index (κ1) is 16.7. The zero-order valence-corrected chi connectivity index (χ0v) is 14.3. The van der Waals surface area contributed by atoms with Gasteiger partial charge in [0.1, 0.15) is 5.69 Å². The second-order valence-corrected chi connectivity index (χ2v) is 6.47. The first-order chi connectivity index (χ1) is 11.7. The molecule has 4 heteroatoms. The minimum absolute atomic E-state index is 0.0164. The standard InChI is InChI=1S/C20H24N2O2/c1-15-10-11-16(14-24-2)13-22(15)20(23)19-18(9-6-12-21-19)17-7-4-3-5-8-17/h3-9,12,15-16H,10-11,13-14H2,1-2H3/t15-,16-/m1/s1. The number of pyridine rings is 1. The molecular weight excluding hydrogens is 300 g/mol. The molecule has 3 rings (SSSR count). The molecule has 2 heterocycles. The van der Waals surface area contributed by atoms with Crippen molar-refractivity contribution >= 4 is 5.91 Å². The topological polar surface area (TPSA) is 42.4 Å². The smallest absolute Gasteiger partial charge is 0.273 e. The van der Waals surface area contributed by atoms with Crippen LogP contribution in [-0.2, 0) is 4.74 Å². The van der Waals surface area contributed by atoms with Crippen molar-refractivity contribution in [2.75, 3.05) is 20.3 Å². The number of amides is 1. The quantitative estimate of drug-likeness (QED) is 0.862. The number of ether oxygens (including phenoxy) is 1. The predicted molar refractivity (Wildman–Crippen MR) is 94.8 cm³/mol. The number of aromatic nitrogens is 1. The van der Waals surface area contributed by atoms with Crippen molar-refractivity contribution in [3.8, 4) is 11.1 Å². The number of piperidine rings is 1. The molecule has 24 heavy (non-hydrogen) atoms. The summed E-state index contributed by atoms with van der Waals surface area (Å²) in [5.41, 5.74) is 2.45. The van der Waals surface area contributed by atoms with Crippen molar-refractivity contribution in [1.82, 2.24) is 9.88 Å². The predicted octanol–water partition coefficient (Wildman–Crippen LogP) is 3.64. The molecule has 126 valence electrons. The van der Waals surface area contributed by atoms with E-state index in [1.807, 2.05) is 47.4 Å². The summed E-state index contributed by atoms with van der Waals surface area (Å²) < 4.78 is 5.29. The van der Waals surface area contributed by atoms with E-state index >= 15 is 0 Å². The van der Waals surface area contributed by atoms with Crippen LogP contribution in [0.2, 0.25) is 0 Å². The number of methoxy groups -OCH3 is 1. The molecule has 0 bridgehead atoms. The van der Waals surface area contributed by atoms with E-state index in [-0.39, 0.29) is 11.9 Å². The fourth-order valence-corrected chi connectivity index (χ4v) is 3.40. The average molecular weight is 324 g/mol. The first-order valence-electron chi connectivity index (χ1n) is 8.51. The van der Waals surface area contributed by atoms with Gasteiger partial charge in [0.25, 0.3) is 5.91 Å². The molecular formula is C20H24N2O2. The molecule has 4 nitrogen and oxygen atoms in total. The van der Waals surface area contributed by atoms with Crippen molar-refractivity contribution in [2.24, 2.45) is 5.92 Å². The Morgan fingerprint density at radius 3 is 2.75 bits per heavy atom. The molecule has 1 fully saturated rings. The normalized spacial score (nSPS) is 20.8. The lowest BCUT2D eigenvalue weighted by Crippen LogP contribution is -2.46. The maximum absolute atomic E-state index is 13.2. The molecule has 1 amide bonds. The number of carbonyl (C=O) groups excluding carboxylic acids is 1. The first-order valence-corrected chi connectivity index (χ1v) is 8.51. The summed E-state index contributed by atoms with van der Waals surface area (Å²) in [6.07, 6.45) is 3.81. The van der Waals surface area contributed by atoms with Gasteiger partial charge < -0.3 is 9.64 Å². The van der Waals surface area contributed by atoms with E-state index in [1.54, 1.807) is 13.3 Å². The van der Waals surface area contributed by atoms with Crippen LogP contribution >= 0.6 is 0 Å². The molecule has 0 radical (unpaired) electrons. The molecule has 1 aromatic carbocycles. The highest BCUT2D eigenvalue weighted by Crippen LogP contribution is 2.27. The number of nitrogens with zero attached hydrogens (tertiary/aromatic N) is 2. The zero-order chi connectivity index (χ0) is 16.9. The van der Waals surface area contributed by atoms with Gasteiger partial charge in [-0.2, -0.15) is 0 Å². The lowest BCUT2D eigenvalue weighted by Gasteiger charge is -2.37. The van der Waals surface area contributed by atoms with Crippen molar-refractivity contribution in [3.63, 3.8) is 0 Å². The van der Waals surface area contributed by atoms with E-state index in [2.05, 4.69) is 11.9 Å². The van der Waals surface area contributed by atoms with Crippen LogP contribution in [0.3, 0.4) is 0 Å². The molecule has 1 aliphatic rings. The molecule has 1 aromatic heterocycles. The third kappa shape index (κ3) is 3.49. The minimum Gasteiger partial charge on any atom is -0.384 e. The Morgan fingerprint density at radius 2 is 2.00 bits per heavy atom. The second-order valence-electron chi connectivity index (χ2n) is 6.47. The summed E-state index contributed by atoms with van der Waals surface area (Å²) >= 11 is 0. The molecule has 0 N–H and O–H groups in total. The van der Waals surface area contributed by atoms with Gasteiger partial charge in [-0.25, -0.2) is 0 Å². The van der Waals surface area contributed by atoms with Crippen molar-refractivity contribution < 1.29 is 9.53 Å². The summed E-state index contributed by atoms with van der Waals surface area (Å²) in [4.78, 5) is 19.6. The number of likely N-dealkylation sites (tertiary alicyclic amines) is 1. The van der Waals surface area contributed by atoms with Gasteiger partial charge in [0.2, 0.25) is 0 Å². The summed E-state index contributed by atoms with van der Waals surface area (Å²) in [6, 6.07) is 14.1. The fourth-order valence-electron chi connectivity index (χ4n) is 3.40. The van der Waals surface area contributed by atoms with Gasteiger partial charge in [0.05, 0.1) is 6.61 Å². The van der Waals surface area contributed by atoms with Gasteiger partial charge in [-0.15, -0.1) is 0 Å². The summed E-state index contributed by atoms with van der Waals surface area (Å²) in [6.45, 7) is 3.55. The highest BCUT2D eigenvalue weighted by Gasteiger charge is 2.31. The highest BCUT2D eigenvalue weighted by molar-refractivity contribution is 5.99. The number of carbonyl (C=O) groups is 1. The Labute approximate surface area is 143 Å². The van der Waals surface area contributed by atoms with Crippen LogP contribution < -0.4 is 0 Å². The van der Waals surface area contributed by atoms with E-state index in [1.165, 1.54) is 0 Å². The van der Waals surface area contributed by atoms with Crippen LogP contribution in [0, 0.1) is 5.92 Å². The van der Waals surface area contributed by atoms with Crippen LogP contribution in [0.5, 0.6) is 0 Å². The molecule has 0 saturated carbocycles. The van der Waals surface area contributed by atoms with Gasteiger partial charge in [-0.3, -0.25) is 9.78 Å². The minimum atomic E-state index is 0.0164. The van der Waals surface area contributed by atoms with E-state index in [0.717, 1.165) is 30.5 Å². The molecule has 0 unspecified atom stereocenters. The summed E-state index contributed by atoms with van der Waals surface area (Å²) in [5, 5.41) is 0. The molecule has 1 saturated heterocycles. The van der Waals surface area contributed by atoms with E-state index in [0.29, 0.717) is 18.2 Å². The van der Waals surface area contributed by atoms with Crippen LogP contribution in [0.4, 0.5) is 0 Å². The highest BCUT2D eigenvalue weighted by atomic mass is 16.5. The van der Waals surface area contributed by atoms with Crippen LogP contribution in [0.1, 0.15) is 30.3 Å². The molecule has 2 atom stereocenters. The van der Waals surface area contributed by atoms with Gasteiger partial charge >= 0.3 is 0 Å². The van der Waals surface area contributed by atoms with E-state index < -0.39 is 0 Å². The summed E-state index contributed by atoms with van der Waals surface area (Å²) in [7, 11) is 1.72. The van der Waals surface area contributed by atoms with E-state index in [4.69, 9.17) is 4.74 Å². The SMILES string of the molecule is COC[C@@H]1CC[C@@H](C)N(C(=O)c2ncccc2-c2ccccc2)C1. The monoisotopic (exact) mass is 324 g/mol. The van der Waals surface area contributed by atoms with Gasteiger partial charge in [0, 0.05) is 31.5 Å². The Morgan fingerprint density at radius 1 is 1.21 bits per heavy atom. The van der Waals surface area contributed by atoms with Gasteiger partial charge in [-0.1, -0.05) is 36.4 Å². The molecule has 1 aliphatic heterocycles. The van der Waals surface area contributed by atoms with Gasteiger partial charge in [-0.05, 0) is 37.3 Å². The van der Waals surface area contributed by atoms with Gasteiger partial charge in [0.15, 0.2) is 0 Å². The largest absolute Gasteiger partial charge is 0.384 e. The third-order valence-electron chi connectivity index (χ3n) is 4.74. The Balaban J connectivity index is 1.90. The van der Waals surface area contributed by atoms with Crippen molar-refractivity contribution in [2.45, 2.75) is 25.8 Å². The number of rotatable bonds is 4. The second kappa shape index (κ2) is 7.58. The number of hydrogen-bond donors (Lipinski definition) is 0. The lowest BCUT2D eigenvalue weighted by molar-refractivity contribution is 0.0428. The lowest BCUT2D eigenvalue weighted by atomic mass is 9.93.